The summed E-state index contributed by atoms with van der Waals surface area (Å²) in [5.41, 5.74) is 3.67. The molecule has 4 heteroatoms. The highest BCUT2D eigenvalue weighted by Crippen LogP contribution is 2.19. The molecular weight excluding hydrogens is 305 g/mol. The predicted octanol–water partition coefficient (Wildman–Crippen LogP) is 3.89. The maximum Gasteiger partial charge on any atom is 0.262 e. The summed E-state index contributed by atoms with van der Waals surface area (Å²) in [6, 6.07) is 13.3. The molecule has 122 valence electrons. The standard InChI is InChI=1S/C20H18FNO2/c1-13-9-14(2)11-17(10-13)22-8-7-19(23)18(20(22)24)12-15-3-5-16(21)6-4-15/h3-11,23H,12H2,1-2H3. The normalized spacial score (nSPS) is 10.8. The van der Waals surface area contributed by atoms with Crippen molar-refractivity contribution in [2.45, 2.75) is 20.3 Å². The van der Waals surface area contributed by atoms with Crippen LogP contribution in [-0.2, 0) is 6.42 Å². The van der Waals surface area contributed by atoms with Crippen LogP contribution in [0.4, 0.5) is 4.39 Å². The third-order valence-corrected chi connectivity index (χ3v) is 3.95. The molecule has 3 aromatic rings. The molecule has 0 spiro atoms. The van der Waals surface area contributed by atoms with E-state index in [-0.39, 0.29) is 23.5 Å². The van der Waals surface area contributed by atoms with Crippen molar-refractivity contribution in [3.05, 3.63) is 93.2 Å². The maximum absolute atomic E-state index is 13.0. The van der Waals surface area contributed by atoms with Gasteiger partial charge < -0.3 is 5.11 Å². The summed E-state index contributed by atoms with van der Waals surface area (Å²) in [6.45, 7) is 3.95. The number of rotatable bonds is 3. The van der Waals surface area contributed by atoms with Gasteiger partial charge in [0.05, 0.1) is 5.56 Å². The lowest BCUT2D eigenvalue weighted by Gasteiger charge is -2.12. The number of pyridine rings is 1. The molecule has 24 heavy (non-hydrogen) atoms. The quantitative estimate of drug-likeness (QED) is 0.794. The summed E-state index contributed by atoms with van der Waals surface area (Å²) in [7, 11) is 0. The van der Waals surface area contributed by atoms with Crippen LogP contribution in [0.15, 0.2) is 59.5 Å². The zero-order valence-electron chi connectivity index (χ0n) is 13.6. The van der Waals surface area contributed by atoms with E-state index in [2.05, 4.69) is 0 Å². The van der Waals surface area contributed by atoms with Crippen LogP contribution < -0.4 is 5.56 Å². The van der Waals surface area contributed by atoms with Gasteiger partial charge in [-0.15, -0.1) is 0 Å². The Balaban J connectivity index is 2.08. The van der Waals surface area contributed by atoms with Crippen LogP contribution in [0.1, 0.15) is 22.3 Å². The summed E-state index contributed by atoms with van der Waals surface area (Å²) >= 11 is 0. The summed E-state index contributed by atoms with van der Waals surface area (Å²) in [6.07, 6.45) is 1.82. The summed E-state index contributed by atoms with van der Waals surface area (Å²) < 4.78 is 14.6. The van der Waals surface area contributed by atoms with E-state index in [1.54, 1.807) is 18.3 Å². The van der Waals surface area contributed by atoms with E-state index in [1.807, 2.05) is 32.0 Å². The van der Waals surface area contributed by atoms with E-state index in [0.717, 1.165) is 22.4 Å². The van der Waals surface area contributed by atoms with Crippen LogP contribution in [0.2, 0.25) is 0 Å². The van der Waals surface area contributed by atoms with Crippen molar-refractivity contribution in [1.82, 2.24) is 4.57 Å². The van der Waals surface area contributed by atoms with Gasteiger partial charge in [-0.3, -0.25) is 9.36 Å². The minimum Gasteiger partial charge on any atom is -0.507 e. The molecule has 3 rings (SSSR count). The van der Waals surface area contributed by atoms with Crippen molar-refractivity contribution in [2.75, 3.05) is 0 Å². The Morgan fingerprint density at radius 2 is 1.62 bits per heavy atom. The summed E-state index contributed by atoms with van der Waals surface area (Å²) in [5.74, 6) is -0.381. The largest absolute Gasteiger partial charge is 0.507 e. The fourth-order valence-electron chi connectivity index (χ4n) is 2.83. The topological polar surface area (TPSA) is 42.2 Å². The number of benzene rings is 2. The van der Waals surface area contributed by atoms with Gasteiger partial charge in [-0.05, 0) is 60.9 Å². The van der Waals surface area contributed by atoms with Crippen LogP contribution in [0.5, 0.6) is 5.75 Å². The molecule has 1 heterocycles. The van der Waals surface area contributed by atoms with Gasteiger partial charge >= 0.3 is 0 Å². The Kier molecular flexibility index (Phi) is 4.21. The number of aromatic hydroxyl groups is 1. The Hall–Kier alpha value is -2.88. The SMILES string of the molecule is Cc1cc(C)cc(-n2ccc(O)c(Cc3ccc(F)cc3)c2=O)c1. The first kappa shape index (κ1) is 16.0. The zero-order valence-corrected chi connectivity index (χ0v) is 13.6. The van der Waals surface area contributed by atoms with Crippen molar-refractivity contribution in [3.8, 4) is 11.4 Å². The fraction of sp³-hybridized carbons (Fsp3) is 0.150. The maximum atomic E-state index is 13.0. The van der Waals surface area contributed by atoms with E-state index in [4.69, 9.17) is 0 Å². The van der Waals surface area contributed by atoms with Gasteiger partial charge in [-0.2, -0.15) is 0 Å². The third-order valence-electron chi connectivity index (χ3n) is 3.95. The monoisotopic (exact) mass is 323 g/mol. The number of nitrogens with zero attached hydrogens (tertiary/aromatic N) is 1. The highest BCUT2D eigenvalue weighted by molar-refractivity contribution is 5.43. The Bertz CT molecular complexity index is 923. The second-order valence-electron chi connectivity index (χ2n) is 6.00. The predicted molar refractivity (Wildman–Crippen MR) is 92.4 cm³/mol. The highest BCUT2D eigenvalue weighted by Gasteiger charge is 2.12. The lowest BCUT2D eigenvalue weighted by atomic mass is 10.1. The van der Waals surface area contributed by atoms with Gasteiger partial charge in [0.2, 0.25) is 0 Å². The molecule has 1 aromatic heterocycles. The van der Waals surface area contributed by atoms with Crippen LogP contribution in [0, 0.1) is 19.7 Å². The van der Waals surface area contributed by atoms with E-state index >= 15 is 0 Å². The second-order valence-corrected chi connectivity index (χ2v) is 6.00. The van der Waals surface area contributed by atoms with Crippen molar-refractivity contribution >= 4 is 0 Å². The lowest BCUT2D eigenvalue weighted by molar-refractivity contribution is 0.466. The first-order chi connectivity index (χ1) is 11.4. The zero-order chi connectivity index (χ0) is 17.3. The van der Waals surface area contributed by atoms with Gasteiger partial charge in [-0.25, -0.2) is 4.39 Å². The molecule has 0 unspecified atom stereocenters. The number of hydrogen-bond donors (Lipinski definition) is 1. The molecule has 0 saturated heterocycles. The Morgan fingerprint density at radius 3 is 2.25 bits per heavy atom. The molecule has 1 N–H and O–H groups in total. The second kappa shape index (κ2) is 6.32. The fourth-order valence-corrected chi connectivity index (χ4v) is 2.83. The average Bonchev–Trinajstić information content (AvgIpc) is 2.52. The highest BCUT2D eigenvalue weighted by atomic mass is 19.1. The minimum absolute atomic E-state index is 0.0510. The van der Waals surface area contributed by atoms with Gasteiger partial charge in [0, 0.05) is 18.3 Å². The molecule has 0 saturated carbocycles. The molecular formula is C20H18FNO2. The van der Waals surface area contributed by atoms with Crippen molar-refractivity contribution in [2.24, 2.45) is 0 Å². The number of hydrogen-bond acceptors (Lipinski definition) is 2. The van der Waals surface area contributed by atoms with E-state index in [9.17, 15) is 14.3 Å². The molecule has 0 aliphatic carbocycles. The van der Waals surface area contributed by atoms with Crippen molar-refractivity contribution in [1.29, 1.82) is 0 Å². The summed E-state index contributed by atoms with van der Waals surface area (Å²) in [4.78, 5) is 12.8. The summed E-state index contributed by atoms with van der Waals surface area (Å²) in [5, 5.41) is 10.1. The van der Waals surface area contributed by atoms with E-state index < -0.39 is 0 Å². The third kappa shape index (κ3) is 3.23. The lowest BCUT2D eigenvalue weighted by Crippen LogP contribution is -2.22. The van der Waals surface area contributed by atoms with Crippen molar-refractivity contribution < 1.29 is 9.50 Å². The van der Waals surface area contributed by atoms with E-state index in [1.165, 1.54) is 22.8 Å². The number of aromatic nitrogens is 1. The van der Waals surface area contributed by atoms with E-state index in [0.29, 0.717) is 5.56 Å². The van der Waals surface area contributed by atoms with Crippen LogP contribution in [0.25, 0.3) is 5.69 Å². The Labute approximate surface area is 139 Å². The minimum atomic E-state index is -0.330. The molecule has 2 aromatic carbocycles. The van der Waals surface area contributed by atoms with Crippen LogP contribution >= 0.6 is 0 Å². The van der Waals surface area contributed by atoms with Crippen LogP contribution in [0.3, 0.4) is 0 Å². The van der Waals surface area contributed by atoms with Crippen LogP contribution in [-0.4, -0.2) is 9.67 Å². The first-order valence-corrected chi connectivity index (χ1v) is 7.70. The van der Waals surface area contributed by atoms with Crippen molar-refractivity contribution in [3.63, 3.8) is 0 Å². The molecule has 0 aliphatic rings. The average molecular weight is 323 g/mol. The number of aryl methyl sites for hydroxylation is 2. The van der Waals surface area contributed by atoms with Gasteiger partial charge in [0.25, 0.3) is 5.56 Å². The number of halogens is 1. The molecule has 0 aliphatic heterocycles. The molecule has 0 bridgehead atoms. The van der Waals surface area contributed by atoms with Gasteiger partial charge in [0.15, 0.2) is 0 Å². The van der Waals surface area contributed by atoms with Gasteiger partial charge in [0.1, 0.15) is 11.6 Å². The molecule has 0 atom stereocenters. The smallest absolute Gasteiger partial charge is 0.262 e. The molecule has 0 amide bonds. The Morgan fingerprint density at radius 1 is 1.00 bits per heavy atom. The molecule has 3 nitrogen and oxygen atoms in total. The first-order valence-electron chi connectivity index (χ1n) is 7.70. The molecule has 0 radical (unpaired) electrons. The molecule has 0 fully saturated rings. The van der Waals surface area contributed by atoms with Gasteiger partial charge in [-0.1, -0.05) is 18.2 Å².